The van der Waals surface area contributed by atoms with E-state index in [1.54, 1.807) is 6.07 Å². The van der Waals surface area contributed by atoms with Gasteiger partial charge in [-0.15, -0.1) is 0 Å². The molecule has 9 heteroatoms. The van der Waals surface area contributed by atoms with Crippen LogP contribution in [0.25, 0.3) is 0 Å². The number of carbonyl (C=O) groups excluding carboxylic acids is 1. The number of urea groups is 1. The van der Waals surface area contributed by atoms with Crippen molar-refractivity contribution in [1.82, 2.24) is 4.90 Å². The Morgan fingerprint density at radius 3 is 2.19 bits per heavy atom. The lowest BCUT2D eigenvalue weighted by Crippen LogP contribution is -2.41. The third-order valence-electron chi connectivity index (χ3n) is 6.48. The van der Waals surface area contributed by atoms with Crippen molar-refractivity contribution >= 4 is 24.3 Å². The molecule has 4 rings (SSSR count). The lowest BCUT2D eigenvalue weighted by atomic mass is 9.78. The first-order valence-corrected chi connectivity index (χ1v) is 10.1. The minimum Gasteiger partial charge on any atom is -0.399 e. The van der Waals surface area contributed by atoms with Crippen molar-refractivity contribution in [2.75, 3.05) is 18.5 Å². The molecule has 2 fully saturated rings. The van der Waals surface area contributed by atoms with Crippen LogP contribution < -0.4 is 10.4 Å². The standard InChI is InChI=1S/C22H24BF3N2O3/c1-21(2)22(3,4)31-23(30-21)16-9-7-14(11-18(16)26)28-12-19(27(5)20(28)29)15-8-6-13(24)10-17(15)25/h6-11,19H,12H2,1-5H3. The SMILES string of the molecule is CN1C(=O)N(c2ccc(B3OC(C)(C)C(C)(C)O3)c(F)c2)CC1c1ccc(F)cc1F. The summed E-state index contributed by atoms with van der Waals surface area (Å²) in [4.78, 5) is 15.5. The van der Waals surface area contributed by atoms with Gasteiger partial charge < -0.3 is 14.2 Å². The molecular weight excluding hydrogens is 408 g/mol. The molecule has 0 radical (unpaired) electrons. The minimum atomic E-state index is -0.864. The van der Waals surface area contributed by atoms with E-state index in [4.69, 9.17) is 9.31 Å². The van der Waals surface area contributed by atoms with Crippen molar-refractivity contribution < 1.29 is 27.3 Å². The van der Waals surface area contributed by atoms with Crippen LogP contribution in [0.1, 0.15) is 39.3 Å². The van der Waals surface area contributed by atoms with Crippen LogP contribution in [0, 0.1) is 17.5 Å². The first-order valence-electron chi connectivity index (χ1n) is 10.1. The Bertz CT molecular complexity index is 1030. The summed E-state index contributed by atoms with van der Waals surface area (Å²) >= 11 is 0. The first-order chi connectivity index (χ1) is 14.4. The summed E-state index contributed by atoms with van der Waals surface area (Å²) in [5.74, 6) is -1.98. The first kappa shape index (κ1) is 21.7. The molecule has 5 nitrogen and oxygen atoms in total. The van der Waals surface area contributed by atoms with E-state index in [9.17, 15) is 18.0 Å². The Balaban J connectivity index is 1.59. The number of nitrogens with zero attached hydrogens (tertiary/aromatic N) is 2. The van der Waals surface area contributed by atoms with Gasteiger partial charge in [-0.05, 0) is 45.9 Å². The van der Waals surface area contributed by atoms with Crippen LogP contribution in [0.4, 0.5) is 23.7 Å². The van der Waals surface area contributed by atoms with Gasteiger partial charge >= 0.3 is 13.1 Å². The lowest BCUT2D eigenvalue weighted by Gasteiger charge is -2.32. The molecule has 1 unspecified atom stereocenters. The van der Waals surface area contributed by atoms with E-state index in [0.717, 1.165) is 12.1 Å². The summed E-state index contributed by atoms with van der Waals surface area (Å²) in [6, 6.07) is 6.62. The quantitative estimate of drug-likeness (QED) is 0.689. The second kappa shape index (κ2) is 7.27. The van der Waals surface area contributed by atoms with Gasteiger partial charge in [-0.2, -0.15) is 0 Å². The molecule has 2 amide bonds. The number of likely N-dealkylation sites (N-methyl/N-ethyl adjacent to an activating group) is 1. The van der Waals surface area contributed by atoms with Crippen molar-refractivity contribution in [3.8, 4) is 0 Å². The van der Waals surface area contributed by atoms with Gasteiger partial charge in [-0.25, -0.2) is 18.0 Å². The van der Waals surface area contributed by atoms with Gasteiger partial charge in [0.05, 0.1) is 23.8 Å². The van der Waals surface area contributed by atoms with Crippen molar-refractivity contribution in [2.45, 2.75) is 44.9 Å². The number of rotatable bonds is 3. The van der Waals surface area contributed by atoms with E-state index in [1.165, 1.54) is 35.0 Å². The minimum absolute atomic E-state index is 0.104. The van der Waals surface area contributed by atoms with Gasteiger partial charge in [0.1, 0.15) is 17.5 Å². The van der Waals surface area contributed by atoms with Crippen LogP contribution in [0.3, 0.4) is 0 Å². The molecule has 0 aromatic heterocycles. The molecule has 0 N–H and O–H groups in total. The summed E-state index contributed by atoms with van der Waals surface area (Å²) in [5, 5.41) is 0. The average Bonchev–Trinajstić information content (AvgIpc) is 3.07. The van der Waals surface area contributed by atoms with Crippen LogP contribution >= 0.6 is 0 Å². The number of amides is 2. The zero-order valence-corrected chi connectivity index (χ0v) is 18.1. The Kier molecular flexibility index (Phi) is 5.09. The fraction of sp³-hybridized carbons (Fsp3) is 0.409. The maximum Gasteiger partial charge on any atom is 0.497 e. The number of hydrogen-bond donors (Lipinski definition) is 0. The number of halogens is 3. The van der Waals surface area contributed by atoms with Crippen LogP contribution in [-0.2, 0) is 9.31 Å². The molecule has 2 aliphatic heterocycles. The van der Waals surface area contributed by atoms with E-state index in [2.05, 4.69) is 0 Å². The van der Waals surface area contributed by atoms with Crippen molar-refractivity contribution in [3.63, 3.8) is 0 Å². The summed E-state index contributed by atoms with van der Waals surface area (Å²) in [6.07, 6.45) is 0. The van der Waals surface area contributed by atoms with Crippen molar-refractivity contribution in [3.05, 3.63) is 59.4 Å². The highest BCUT2D eigenvalue weighted by Gasteiger charge is 2.52. The monoisotopic (exact) mass is 432 g/mol. The Hall–Kier alpha value is -2.52. The van der Waals surface area contributed by atoms with E-state index in [1.807, 2.05) is 27.7 Å². The smallest absolute Gasteiger partial charge is 0.399 e. The van der Waals surface area contributed by atoms with Gasteiger partial charge in [0.25, 0.3) is 0 Å². The third-order valence-corrected chi connectivity index (χ3v) is 6.48. The van der Waals surface area contributed by atoms with Crippen LogP contribution in [0.15, 0.2) is 36.4 Å². The van der Waals surface area contributed by atoms with Gasteiger partial charge in [0, 0.05) is 29.8 Å². The van der Waals surface area contributed by atoms with E-state index < -0.39 is 47.8 Å². The molecule has 0 spiro atoms. The third kappa shape index (κ3) is 3.59. The zero-order chi connectivity index (χ0) is 22.7. The maximum absolute atomic E-state index is 15.0. The molecule has 1 atom stereocenters. The lowest BCUT2D eigenvalue weighted by molar-refractivity contribution is 0.00578. The Morgan fingerprint density at radius 1 is 0.968 bits per heavy atom. The molecule has 31 heavy (non-hydrogen) atoms. The zero-order valence-electron chi connectivity index (χ0n) is 18.1. The predicted molar refractivity (Wildman–Crippen MR) is 112 cm³/mol. The fourth-order valence-corrected chi connectivity index (χ4v) is 3.84. The summed E-state index contributed by atoms with van der Waals surface area (Å²) in [7, 11) is 0.669. The second-order valence-electron chi connectivity index (χ2n) is 8.98. The van der Waals surface area contributed by atoms with Gasteiger partial charge in [-0.3, -0.25) is 4.90 Å². The van der Waals surface area contributed by atoms with E-state index in [-0.39, 0.29) is 17.6 Å². The molecular formula is C22H24BF3N2O3. The van der Waals surface area contributed by atoms with Crippen LogP contribution in [0.2, 0.25) is 0 Å². The molecule has 164 valence electrons. The maximum atomic E-state index is 15.0. The predicted octanol–water partition coefficient (Wildman–Crippen LogP) is 4.02. The number of hydrogen-bond acceptors (Lipinski definition) is 3. The topological polar surface area (TPSA) is 42.0 Å². The van der Waals surface area contributed by atoms with E-state index >= 15 is 0 Å². The number of carbonyl (C=O) groups is 1. The number of benzene rings is 2. The number of anilines is 1. The highest BCUT2D eigenvalue weighted by molar-refractivity contribution is 6.62. The Labute approximate surface area is 179 Å². The highest BCUT2D eigenvalue weighted by Crippen LogP contribution is 2.37. The second-order valence-corrected chi connectivity index (χ2v) is 8.98. The Morgan fingerprint density at radius 2 is 1.61 bits per heavy atom. The molecule has 0 aliphatic carbocycles. The van der Waals surface area contributed by atoms with Crippen LogP contribution in [-0.4, -0.2) is 42.8 Å². The van der Waals surface area contributed by atoms with Gasteiger partial charge in [0.2, 0.25) is 0 Å². The normalized spacial score (nSPS) is 22.5. The molecule has 2 heterocycles. The summed E-state index contributed by atoms with van der Waals surface area (Å²) in [6.45, 7) is 7.63. The molecule has 2 saturated heterocycles. The van der Waals surface area contributed by atoms with Gasteiger partial charge in [-0.1, -0.05) is 12.1 Å². The summed E-state index contributed by atoms with van der Waals surface area (Å²) in [5.41, 5.74) is -0.441. The fourth-order valence-electron chi connectivity index (χ4n) is 3.84. The van der Waals surface area contributed by atoms with Crippen molar-refractivity contribution in [2.24, 2.45) is 0 Å². The molecule has 0 saturated carbocycles. The molecule has 0 bridgehead atoms. The van der Waals surface area contributed by atoms with Crippen molar-refractivity contribution in [1.29, 1.82) is 0 Å². The highest BCUT2D eigenvalue weighted by atomic mass is 19.1. The van der Waals surface area contributed by atoms with Gasteiger partial charge in [0.15, 0.2) is 0 Å². The van der Waals surface area contributed by atoms with Crippen LogP contribution in [0.5, 0.6) is 0 Å². The largest absolute Gasteiger partial charge is 0.497 e. The summed E-state index contributed by atoms with van der Waals surface area (Å²) < 4.78 is 54.3. The molecule has 2 aromatic carbocycles. The average molecular weight is 432 g/mol. The molecule has 2 aliphatic rings. The van der Waals surface area contributed by atoms with E-state index in [0.29, 0.717) is 5.69 Å². The molecule has 2 aromatic rings.